The summed E-state index contributed by atoms with van der Waals surface area (Å²) in [4.78, 5) is 11.3. The normalized spacial score (nSPS) is 11.6. The molecule has 7 heteroatoms. The van der Waals surface area contributed by atoms with Gasteiger partial charge in [0.1, 0.15) is 6.54 Å². The number of rotatable bonds is 10. The molecular formula is C16H24NO5P. The Kier molecular flexibility index (Phi) is 8.62. The number of carbonyl (C=O) groups excluding carboxylic acids is 1. The van der Waals surface area contributed by atoms with E-state index in [2.05, 4.69) is 5.32 Å². The monoisotopic (exact) mass is 341 g/mol. The average molecular weight is 341 g/mol. The van der Waals surface area contributed by atoms with Crippen LogP contribution in [0.15, 0.2) is 30.1 Å². The van der Waals surface area contributed by atoms with Crippen LogP contribution in [0.4, 0.5) is 5.69 Å². The van der Waals surface area contributed by atoms with E-state index in [-0.39, 0.29) is 12.5 Å². The molecule has 0 fully saturated rings. The lowest BCUT2D eigenvalue weighted by Crippen LogP contribution is -2.16. The highest BCUT2D eigenvalue weighted by atomic mass is 31.2. The van der Waals surface area contributed by atoms with Crippen molar-refractivity contribution in [3.05, 3.63) is 35.6 Å². The van der Waals surface area contributed by atoms with Crippen molar-refractivity contribution in [2.75, 3.05) is 31.7 Å². The van der Waals surface area contributed by atoms with Gasteiger partial charge < -0.3 is 19.1 Å². The molecule has 1 aromatic carbocycles. The zero-order valence-electron chi connectivity index (χ0n) is 13.8. The fourth-order valence-electron chi connectivity index (χ4n) is 1.80. The van der Waals surface area contributed by atoms with Crippen molar-refractivity contribution >= 4 is 25.3 Å². The largest absolute Gasteiger partial charge is 0.465 e. The van der Waals surface area contributed by atoms with E-state index in [0.29, 0.717) is 19.8 Å². The molecule has 0 aliphatic carbocycles. The number of benzene rings is 1. The van der Waals surface area contributed by atoms with Crippen LogP contribution in [0.3, 0.4) is 0 Å². The number of ether oxygens (including phenoxy) is 1. The Balaban J connectivity index is 2.74. The fraction of sp³-hybridized carbons (Fsp3) is 0.438. The van der Waals surface area contributed by atoms with E-state index in [1.54, 1.807) is 26.8 Å². The van der Waals surface area contributed by atoms with Gasteiger partial charge in [0, 0.05) is 11.5 Å². The lowest BCUT2D eigenvalue weighted by molar-refractivity contribution is -0.140. The molecule has 0 bridgehead atoms. The van der Waals surface area contributed by atoms with Crippen LogP contribution in [-0.4, -0.2) is 32.3 Å². The molecule has 23 heavy (non-hydrogen) atoms. The summed E-state index contributed by atoms with van der Waals surface area (Å²) in [7, 11) is -3.22. The van der Waals surface area contributed by atoms with E-state index in [4.69, 9.17) is 13.8 Å². The van der Waals surface area contributed by atoms with Crippen LogP contribution in [0.2, 0.25) is 0 Å². The molecule has 0 unspecified atom stereocenters. The Hall–Kier alpha value is -1.62. The minimum Gasteiger partial charge on any atom is -0.465 e. The Morgan fingerprint density at radius 3 is 2.48 bits per heavy atom. The van der Waals surface area contributed by atoms with Gasteiger partial charge in [0.25, 0.3) is 0 Å². The zero-order valence-corrected chi connectivity index (χ0v) is 14.7. The predicted octanol–water partition coefficient (Wildman–Crippen LogP) is 3.90. The van der Waals surface area contributed by atoms with Crippen molar-refractivity contribution in [3.63, 3.8) is 0 Å². The topological polar surface area (TPSA) is 73.9 Å². The van der Waals surface area contributed by atoms with Gasteiger partial charge in [0.2, 0.25) is 0 Å². The first-order chi connectivity index (χ1) is 11.0. The molecule has 1 aromatic rings. The summed E-state index contributed by atoms with van der Waals surface area (Å²) in [6, 6.07) is 7.35. The minimum atomic E-state index is -3.22. The van der Waals surface area contributed by atoms with Crippen LogP contribution in [-0.2, 0) is 23.1 Å². The summed E-state index contributed by atoms with van der Waals surface area (Å²) >= 11 is 0. The molecule has 1 N–H and O–H groups in total. The van der Waals surface area contributed by atoms with Crippen LogP contribution >= 0.6 is 7.60 Å². The summed E-state index contributed by atoms with van der Waals surface area (Å²) in [6.07, 6.45) is 1.68. The summed E-state index contributed by atoms with van der Waals surface area (Å²) < 4.78 is 27.6. The average Bonchev–Trinajstić information content (AvgIpc) is 2.52. The third-order valence-electron chi connectivity index (χ3n) is 2.70. The molecule has 0 atom stereocenters. The fourth-order valence-corrected chi connectivity index (χ4v) is 3.12. The highest BCUT2D eigenvalue weighted by Gasteiger charge is 2.18. The van der Waals surface area contributed by atoms with E-state index in [9.17, 15) is 9.36 Å². The minimum absolute atomic E-state index is 0.0946. The van der Waals surface area contributed by atoms with Crippen LogP contribution in [0.5, 0.6) is 0 Å². The smallest absolute Gasteiger partial charge is 0.354 e. The van der Waals surface area contributed by atoms with Crippen molar-refractivity contribution in [1.82, 2.24) is 0 Å². The van der Waals surface area contributed by atoms with Crippen molar-refractivity contribution < 1.29 is 23.1 Å². The second kappa shape index (κ2) is 10.2. The van der Waals surface area contributed by atoms with E-state index in [0.717, 1.165) is 11.3 Å². The summed E-state index contributed by atoms with van der Waals surface area (Å²) in [5, 5.41) is 2.98. The number of nitrogens with one attached hydrogen (secondary N) is 1. The Morgan fingerprint density at radius 1 is 1.17 bits per heavy atom. The second-order valence-corrected chi connectivity index (χ2v) is 6.37. The Bertz CT molecular complexity index is 563. The maximum Gasteiger partial charge on any atom is 0.354 e. The quantitative estimate of drug-likeness (QED) is 0.514. The van der Waals surface area contributed by atoms with Gasteiger partial charge in [-0.1, -0.05) is 12.1 Å². The van der Waals surface area contributed by atoms with Gasteiger partial charge in [-0.05, 0) is 44.5 Å². The maximum atomic E-state index is 12.4. The predicted molar refractivity (Wildman–Crippen MR) is 91.5 cm³/mol. The molecule has 0 heterocycles. The van der Waals surface area contributed by atoms with Gasteiger partial charge >= 0.3 is 13.6 Å². The molecule has 0 aliphatic heterocycles. The zero-order chi connectivity index (χ0) is 17.1. The van der Waals surface area contributed by atoms with Gasteiger partial charge in [-0.25, -0.2) is 0 Å². The number of esters is 1. The molecule has 0 amide bonds. The van der Waals surface area contributed by atoms with E-state index in [1.807, 2.05) is 24.3 Å². The van der Waals surface area contributed by atoms with Crippen LogP contribution in [0, 0.1) is 0 Å². The van der Waals surface area contributed by atoms with Crippen molar-refractivity contribution in [2.24, 2.45) is 0 Å². The maximum absolute atomic E-state index is 12.4. The van der Waals surface area contributed by atoms with Crippen LogP contribution in [0.25, 0.3) is 6.08 Å². The van der Waals surface area contributed by atoms with Gasteiger partial charge in [0.05, 0.1) is 19.8 Å². The van der Waals surface area contributed by atoms with Crippen molar-refractivity contribution in [1.29, 1.82) is 0 Å². The number of anilines is 1. The Morgan fingerprint density at radius 2 is 1.87 bits per heavy atom. The molecule has 6 nitrogen and oxygen atoms in total. The van der Waals surface area contributed by atoms with Gasteiger partial charge in [0.15, 0.2) is 0 Å². The first-order valence-electron chi connectivity index (χ1n) is 7.60. The number of hydrogen-bond acceptors (Lipinski definition) is 6. The van der Waals surface area contributed by atoms with Gasteiger partial charge in [-0.2, -0.15) is 0 Å². The first kappa shape index (κ1) is 19.4. The van der Waals surface area contributed by atoms with E-state index < -0.39 is 7.60 Å². The van der Waals surface area contributed by atoms with Crippen molar-refractivity contribution in [2.45, 2.75) is 20.8 Å². The third-order valence-corrected chi connectivity index (χ3v) is 4.45. The Labute approximate surface area is 137 Å². The number of carbonyl (C=O) groups is 1. The van der Waals surface area contributed by atoms with E-state index >= 15 is 0 Å². The molecular weight excluding hydrogens is 317 g/mol. The molecule has 128 valence electrons. The lowest BCUT2D eigenvalue weighted by Gasteiger charge is -2.12. The van der Waals surface area contributed by atoms with Gasteiger partial charge in [-0.15, -0.1) is 0 Å². The highest BCUT2D eigenvalue weighted by molar-refractivity contribution is 7.57. The molecule has 0 radical (unpaired) electrons. The van der Waals surface area contributed by atoms with Crippen LogP contribution in [0.1, 0.15) is 26.3 Å². The van der Waals surface area contributed by atoms with E-state index in [1.165, 1.54) is 5.82 Å². The van der Waals surface area contributed by atoms with Gasteiger partial charge in [-0.3, -0.25) is 9.36 Å². The summed E-state index contributed by atoms with van der Waals surface area (Å²) in [5.41, 5.74) is 1.58. The summed E-state index contributed by atoms with van der Waals surface area (Å²) in [5.74, 6) is 1.13. The standard InChI is InChI=1S/C16H24NO5P/c1-4-20-16(18)13-17-15-9-7-8-14(12-15)10-11-23(19,21-5-2)22-6-3/h7-12,17H,4-6,13H2,1-3H3/b11-10+. The molecule has 0 aliphatic rings. The molecule has 0 saturated heterocycles. The van der Waals surface area contributed by atoms with Crippen LogP contribution < -0.4 is 5.32 Å². The van der Waals surface area contributed by atoms with Crippen molar-refractivity contribution in [3.8, 4) is 0 Å². The molecule has 0 saturated carbocycles. The molecule has 0 spiro atoms. The third kappa shape index (κ3) is 7.46. The summed E-state index contributed by atoms with van der Waals surface area (Å²) in [6.45, 7) is 6.35. The lowest BCUT2D eigenvalue weighted by atomic mass is 10.2. The molecule has 0 aromatic heterocycles. The highest BCUT2D eigenvalue weighted by Crippen LogP contribution is 2.50. The second-order valence-electron chi connectivity index (χ2n) is 4.48. The number of hydrogen-bond donors (Lipinski definition) is 1. The first-order valence-corrected chi connectivity index (χ1v) is 9.21. The molecule has 1 rings (SSSR count). The SMILES string of the molecule is CCOC(=O)CNc1cccc(/C=C/P(=O)(OCC)OCC)c1.